The normalized spacial score (nSPS) is 15.5. The second kappa shape index (κ2) is 7.82. The van der Waals surface area contributed by atoms with E-state index in [0.717, 1.165) is 16.5 Å². The fourth-order valence-electron chi connectivity index (χ4n) is 3.10. The quantitative estimate of drug-likeness (QED) is 0.449. The molecule has 0 aliphatic carbocycles. The summed E-state index contributed by atoms with van der Waals surface area (Å²) in [4.78, 5) is 43.2. The Kier molecular flexibility index (Phi) is 5.47. The molecule has 0 fully saturated rings. The third-order valence-electron chi connectivity index (χ3n) is 4.50. The highest BCUT2D eigenvalue weighted by Gasteiger charge is 2.39. The Hall–Kier alpha value is -3.18. The van der Waals surface area contributed by atoms with E-state index >= 15 is 0 Å². The van der Waals surface area contributed by atoms with Gasteiger partial charge < -0.3 is 19.2 Å². The molecular weight excluding hydrogens is 390 g/mol. The number of hydrogen-bond donors (Lipinski definition) is 1. The first-order chi connectivity index (χ1) is 13.4. The zero-order valence-electron chi connectivity index (χ0n) is 15.0. The molecule has 2 aromatic rings. The summed E-state index contributed by atoms with van der Waals surface area (Å²) >= 11 is 1.48. The van der Waals surface area contributed by atoms with Crippen LogP contribution in [0.3, 0.4) is 0 Å². The summed E-state index contributed by atoms with van der Waals surface area (Å²) < 4.78 is 9.93. The number of carbonyl (C=O) groups excluding carboxylic acids is 2. The molecule has 2 N–H and O–H groups in total. The smallest absolute Gasteiger partial charge is 0.328 e. The molecule has 0 saturated carbocycles. The number of hydrogen-bond acceptors (Lipinski definition) is 9. The van der Waals surface area contributed by atoms with Crippen LogP contribution in [0.1, 0.15) is 20.8 Å². The van der Waals surface area contributed by atoms with Gasteiger partial charge in [-0.25, -0.2) is 4.79 Å². The number of benzene rings is 1. The lowest BCUT2D eigenvalue weighted by Gasteiger charge is -2.33. The van der Waals surface area contributed by atoms with E-state index in [-0.39, 0.29) is 30.0 Å². The number of nitrogens with zero attached hydrogens (tertiary/aromatic N) is 2. The van der Waals surface area contributed by atoms with Gasteiger partial charge in [0.2, 0.25) is 0 Å². The van der Waals surface area contributed by atoms with Gasteiger partial charge in [-0.3, -0.25) is 14.9 Å². The molecule has 1 amide bonds. The van der Waals surface area contributed by atoms with Crippen LogP contribution in [0.25, 0.3) is 0 Å². The first-order valence-corrected chi connectivity index (χ1v) is 8.96. The molecule has 1 aromatic carbocycles. The number of carbonyl (C=O) groups is 2. The van der Waals surface area contributed by atoms with Crippen molar-refractivity contribution in [2.24, 2.45) is 5.90 Å². The summed E-state index contributed by atoms with van der Waals surface area (Å²) in [5.74, 6) is 3.81. The van der Waals surface area contributed by atoms with Crippen molar-refractivity contribution in [1.29, 1.82) is 0 Å². The van der Waals surface area contributed by atoms with E-state index in [1.54, 1.807) is 0 Å². The van der Waals surface area contributed by atoms with Gasteiger partial charge in [-0.15, -0.1) is 11.3 Å². The number of nitro benzene ring substituents is 1. The molecule has 148 valence electrons. The third kappa shape index (κ3) is 3.37. The molecule has 1 aromatic heterocycles. The highest BCUT2D eigenvalue weighted by atomic mass is 32.1. The van der Waals surface area contributed by atoms with Crippen molar-refractivity contribution in [2.75, 3.05) is 14.2 Å². The van der Waals surface area contributed by atoms with E-state index in [9.17, 15) is 19.7 Å². The fraction of sp³-hybridized carbons (Fsp3) is 0.294. The zero-order valence-corrected chi connectivity index (χ0v) is 15.9. The molecule has 0 bridgehead atoms. The van der Waals surface area contributed by atoms with Crippen LogP contribution >= 0.6 is 11.3 Å². The van der Waals surface area contributed by atoms with E-state index in [1.165, 1.54) is 36.5 Å². The third-order valence-corrected chi connectivity index (χ3v) is 5.49. The van der Waals surface area contributed by atoms with Gasteiger partial charge in [-0.05, 0) is 17.0 Å². The number of nitrogens with two attached hydrogens (primary N) is 1. The van der Waals surface area contributed by atoms with Crippen LogP contribution in [0.15, 0.2) is 23.6 Å². The highest BCUT2D eigenvalue weighted by Crippen LogP contribution is 2.36. The molecule has 28 heavy (non-hydrogen) atoms. The van der Waals surface area contributed by atoms with E-state index < -0.39 is 28.5 Å². The second-order valence-corrected chi connectivity index (χ2v) is 6.94. The number of thiophene rings is 1. The lowest BCUT2D eigenvalue weighted by Crippen LogP contribution is -2.48. The van der Waals surface area contributed by atoms with Crippen LogP contribution in [0, 0.1) is 10.1 Å². The van der Waals surface area contributed by atoms with Crippen molar-refractivity contribution in [3.63, 3.8) is 0 Å². The van der Waals surface area contributed by atoms with Gasteiger partial charge in [-0.2, -0.15) is 5.90 Å². The van der Waals surface area contributed by atoms with Crippen LogP contribution in [-0.4, -0.2) is 42.0 Å². The lowest BCUT2D eigenvalue weighted by atomic mass is 9.99. The summed E-state index contributed by atoms with van der Waals surface area (Å²) in [5.41, 5.74) is 0.135. The van der Waals surface area contributed by atoms with Crippen LogP contribution < -0.4 is 15.5 Å². The molecule has 2 heterocycles. The van der Waals surface area contributed by atoms with Gasteiger partial charge in [0.1, 0.15) is 11.6 Å². The number of fused-ring (bicyclic) bond motifs is 1. The molecule has 0 saturated heterocycles. The number of nitro groups is 1. The van der Waals surface area contributed by atoms with Gasteiger partial charge in [-0.1, -0.05) is 0 Å². The first kappa shape index (κ1) is 19.6. The van der Waals surface area contributed by atoms with Gasteiger partial charge in [0.05, 0.1) is 25.2 Å². The summed E-state index contributed by atoms with van der Waals surface area (Å²) in [6.07, 6.45) is 0.278. The Labute approximate surface area is 163 Å². The maximum absolute atomic E-state index is 13.2. The van der Waals surface area contributed by atoms with Gasteiger partial charge in [0.25, 0.3) is 11.6 Å². The van der Waals surface area contributed by atoms with Crippen LogP contribution in [0.2, 0.25) is 0 Å². The largest absolute Gasteiger partial charge is 0.493 e. The van der Waals surface area contributed by atoms with Crippen molar-refractivity contribution < 1.29 is 28.8 Å². The Morgan fingerprint density at radius 3 is 2.68 bits per heavy atom. The Bertz CT molecular complexity index is 943. The predicted octanol–water partition coefficient (Wildman–Crippen LogP) is 1.66. The Balaban J connectivity index is 2.08. The molecule has 0 unspecified atom stereocenters. The number of rotatable bonds is 5. The molecule has 0 spiro atoms. The Morgan fingerprint density at radius 1 is 1.32 bits per heavy atom. The fourth-order valence-corrected chi connectivity index (χ4v) is 4.04. The molecule has 10 nitrogen and oxygen atoms in total. The molecular formula is C17H17N3O7S. The van der Waals surface area contributed by atoms with Crippen molar-refractivity contribution >= 4 is 28.9 Å². The van der Waals surface area contributed by atoms with Crippen LogP contribution in [0.5, 0.6) is 11.5 Å². The molecule has 1 aliphatic heterocycles. The van der Waals surface area contributed by atoms with E-state index in [1.807, 2.05) is 11.4 Å². The summed E-state index contributed by atoms with van der Waals surface area (Å²) in [5, 5.41) is 13.4. The highest BCUT2D eigenvalue weighted by molar-refractivity contribution is 7.10. The standard InChI is InChI=1S/C17H17N3O7S/c1-25-13-5-10(11(20(23)24)6-14(13)27-18)16(21)19-8-9-3-4-28-15(9)7-12(19)17(22)26-2/h3-6,12H,7-8,18H2,1-2H3/t12-/m0/s1. The maximum atomic E-state index is 13.2. The zero-order chi connectivity index (χ0) is 20.4. The molecule has 0 radical (unpaired) electrons. The molecule has 1 atom stereocenters. The second-order valence-electron chi connectivity index (χ2n) is 5.94. The van der Waals surface area contributed by atoms with Crippen LogP contribution in [-0.2, 0) is 22.5 Å². The SMILES string of the molecule is COC(=O)[C@@H]1Cc2sccc2CN1C(=O)c1cc(OC)c(ON)cc1[N+](=O)[O-]. The first-order valence-electron chi connectivity index (χ1n) is 8.08. The maximum Gasteiger partial charge on any atom is 0.328 e. The summed E-state index contributed by atoms with van der Waals surface area (Å²) in [6.45, 7) is 0.131. The number of amides is 1. The number of ether oxygens (including phenoxy) is 2. The summed E-state index contributed by atoms with van der Waals surface area (Å²) in [6, 6.07) is 3.16. The molecule has 1 aliphatic rings. The number of methoxy groups -OCH3 is 2. The van der Waals surface area contributed by atoms with Crippen molar-refractivity contribution in [2.45, 2.75) is 19.0 Å². The molecule has 3 rings (SSSR count). The predicted molar refractivity (Wildman–Crippen MR) is 98.2 cm³/mol. The van der Waals surface area contributed by atoms with Crippen LogP contribution in [0.4, 0.5) is 5.69 Å². The van der Waals surface area contributed by atoms with Crippen molar-refractivity contribution in [3.8, 4) is 11.5 Å². The average molecular weight is 407 g/mol. The minimum absolute atomic E-state index is 0.0549. The monoisotopic (exact) mass is 407 g/mol. The lowest BCUT2D eigenvalue weighted by molar-refractivity contribution is -0.385. The van der Waals surface area contributed by atoms with Crippen molar-refractivity contribution in [1.82, 2.24) is 4.90 Å². The van der Waals surface area contributed by atoms with E-state index in [0.29, 0.717) is 0 Å². The average Bonchev–Trinajstić information content (AvgIpc) is 3.17. The van der Waals surface area contributed by atoms with E-state index in [2.05, 4.69) is 4.84 Å². The topological polar surface area (TPSA) is 134 Å². The Morgan fingerprint density at radius 2 is 2.07 bits per heavy atom. The minimum atomic E-state index is -0.889. The van der Waals surface area contributed by atoms with Gasteiger partial charge in [0.15, 0.2) is 11.5 Å². The van der Waals surface area contributed by atoms with Gasteiger partial charge in [0, 0.05) is 23.9 Å². The van der Waals surface area contributed by atoms with Crippen molar-refractivity contribution in [3.05, 3.63) is 49.7 Å². The summed E-state index contributed by atoms with van der Waals surface area (Å²) in [7, 11) is 2.54. The van der Waals surface area contributed by atoms with Gasteiger partial charge >= 0.3 is 5.97 Å². The minimum Gasteiger partial charge on any atom is -0.493 e. The molecule has 11 heteroatoms. The number of esters is 1. The van der Waals surface area contributed by atoms with E-state index in [4.69, 9.17) is 15.4 Å².